The molecule has 0 amide bonds. The van der Waals surface area contributed by atoms with Crippen LogP contribution >= 0.6 is 7.60 Å². The van der Waals surface area contributed by atoms with Crippen molar-refractivity contribution in [1.82, 2.24) is 5.32 Å². The number of aliphatic carboxylic acids is 1. The van der Waals surface area contributed by atoms with Crippen molar-refractivity contribution in [2.75, 3.05) is 13.2 Å². The largest absolute Gasteiger partial charge is 1.00 e. The Balaban J connectivity index is 0.00000361. The van der Waals surface area contributed by atoms with Gasteiger partial charge in [-0.15, -0.1) is 0 Å². The zero-order valence-corrected chi connectivity index (χ0v) is 14.2. The number of rotatable bonds is 7. The second-order valence-corrected chi connectivity index (χ2v) is 5.60. The first-order valence-electron chi connectivity index (χ1n) is 5.56. The molecule has 1 rings (SSSR count). The zero-order valence-electron chi connectivity index (χ0n) is 11.3. The maximum absolute atomic E-state index is 12.0. The first-order valence-corrected chi connectivity index (χ1v) is 7.21. The molecular formula is C11H15NNaO6P. The molecule has 0 aliphatic heterocycles. The van der Waals surface area contributed by atoms with E-state index in [9.17, 15) is 24.5 Å². The topological polar surface area (TPSA) is 119 Å². The number of carboxylic acids is 1. The average Bonchev–Trinajstić information content (AvgIpc) is 2.30. The van der Waals surface area contributed by atoms with Crippen LogP contribution in [0.15, 0.2) is 24.3 Å². The molecule has 0 fully saturated rings. The van der Waals surface area contributed by atoms with E-state index in [1.807, 2.05) is 0 Å². The van der Waals surface area contributed by atoms with Gasteiger partial charge in [0.15, 0.2) is 0 Å². The van der Waals surface area contributed by atoms with Crippen molar-refractivity contribution in [2.45, 2.75) is 12.7 Å². The number of nitrogens with one attached hydrogen (secondary N) is 1. The van der Waals surface area contributed by atoms with Crippen LogP contribution in [0.1, 0.15) is 18.3 Å². The summed E-state index contributed by atoms with van der Waals surface area (Å²) < 4.78 is 16.8. The van der Waals surface area contributed by atoms with Crippen molar-refractivity contribution in [3.8, 4) is 5.75 Å². The molecule has 1 aromatic rings. The van der Waals surface area contributed by atoms with Gasteiger partial charge >= 0.3 is 37.2 Å². The Labute approximate surface area is 138 Å². The average molecular weight is 311 g/mol. The summed E-state index contributed by atoms with van der Waals surface area (Å²) in [7, 11) is -4.17. The number of carbonyl (C=O) groups is 1. The quantitative estimate of drug-likeness (QED) is 0.362. The number of phenolic OH excluding ortho intramolecular Hbond substituents is 1. The normalized spacial score (nSPS) is 14.9. The van der Waals surface area contributed by atoms with Gasteiger partial charge in [0, 0.05) is 12.1 Å². The van der Waals surface area contributed by atoms with Gasteiger partial charge in [0.1, 0.15) is 11.5 Å². The summed E-state index contributed by atoms with van der Waals surface area (Å²) in [6.07, 6.45) is 0. The van der Waals surface area contributed by atoms with E-state index in [1.54, 1.807) is 6.07 Å². The second kappa shape index (κ2) is 8.79. The van der Waals surface area contributed by atoms with E-state index in [0.29, 0.717) is 0 Å². The molecule has 0 bridgehead atoms. The van der Waals surface area contributed by atoms with Crippen LogP contribution in [-0.2, 0) is 13.9 Å². The van der Waals surface area contributed by atoms with E-state index < -0.39 is 25.9 Å². The zero-order chi connectivity index (χ0) is 14.5. The number of aromatic hydroxyl groups is 1. The Morgan fingerprint density at radius 2 is 2.10 bits per heavy atom. The number of carboxylic acid groups (broad SMARTS) is 1. The van der Waals surface area contributed by atoms with Crippen LogP contribution in [0, 0.1) is 0 Å². The molecule has 0 saturated heterocycles. The van der Waals surface area contributed by atoms with Gasteiger partial charge in [0.2, 0.25) is 0 Å². The summed E-state index contributed by atoms with van der Waals surface area (Å²) in [6, 6.07) is 5.82. The van der Waals surface area contributed by atoms with Crippen LogP contribution in [0.3, 0.4) is 0 Å². The molecule has 106 valence electrons. The first kappa shape index (κ1) is 19.6. The van der Waals surface area contributed by atoms with Crippen LogP contribution in [-0.4, -0.2) is 29.1 Å². The van der Waals surface area contributed by atoms with Gasteiger partial charge in [-0.1, -0.05) is 18.2 Å². The fraction of sp³-hybridized carbons (Fsp3) is 0.364. The minimum Gasteiger partial charge on any atom is -0.549 e. The Morgan fingerprint density at radius 1 is 1.50 bits per heavy atom. The monoisotopic (exact) mass is 311 g/mol. The van der Waals surface area contributed by atoms with E-state index in [0.717, 1.165) is 0 Å². The Kier molecular flexibility index (Phi) is 8.62. The summed E-state index contributed by atoms with van der Waals surface area (Å²) in [5.74, 6) is -3.00. The van der Waals surface area contributed by atoms with Crippen molar-refractivity contribution >= 4 is 13.6 Å². The summed E-state index contributed by atoms with van der Waals surface area (Å²) in [5.41, 5.74) is 0.0861. The van der Waals surface area contributed by atoms with Crippen LogP contribution in [0.5, 0.6) is 5.75 Å². The van der Waals surface area contributed by atoms with E-state index in [1.165, 1.54) is 25.1 Å². The van der Waals surface area contributed by atoms with Crippen molar-refractivity contribution in [1.29, 1.82) is 0 Å². The Bertz CT molecular complexity index is 498. The predicted octanol–water partition coefficient (Wildman–Crippen LogP) is -3.04. The summed E-state index contributed by atoms with van der Waals surface area (Å²) in [4.78, 5) is 20.3. The number of benzene rings is 1. The molecular weight excluding hydrogens is 296 g/mol. The van der Waals surface area contributed by atoms with Gasteiger partial charge in [-0.25, -0.2) is 0 Å². The minimum atomic E-state index is -4.17. The maximum atomic E-state index is 12.0. The molecule has 0 saturated carbocycles. The van der Waals surface area contributed by atoms with Gasteiger partial charge in [-0.3, -0.25) is 9.88 Å². The molecule has 0 radical (unpaired) electrons. The number of carbonyl (C=O) groups excluding carboxylic acids is 1. The summed E-state index contributed by atoms with van der Waals surface area (Å²) in [6.45, 7) is 0.866. The van der Waals surface area contributed by atoms with Crippen LogP contribution in [0.2, 0.25) is 0 Å². The molecule has 0 aromatic heterocycles. The van der Waals surface area contributed by atoms with Gasteiger partial charge in [-0.2, -0.15) is 0 Å². The van der Waals surface area contributed by atoms with Gasteiger partial charge in [0.05, 0.1) is 12.6 Å². The Morgan fingerprint density at radius 3 is 2.60 bits per heavy atom. The molecule has 7 nitrogen and oxygen atoms in total. The van der Waals surface area contributed by atoms with Gasteiger partial charge in [0.25, 0.3) is 0 Å². The number of phenols is 1. The van der Waals surface area contributed by atoms with Crippen molar-refractivity contribution in [3.63, 3.8) is 0 Å². The number of hydrogen-bond donors (Lipinski definition) is 3. The molecule has 0 aliphatic carbocycles. The predicted molar refractivity (Wildman–Crippen MR) is 65.3 cm³/mol. The van der Waals surface area contributed by atoms with E-state index in [2.05, 4.69) is 5.32 Å². The first-order chi connectivity index (χ1) is 8.88. The fourth-order valence-corrected chi connectivity index (χ4v) is 2.97. The third-order valence-corrected chi connectivity index (χ3v) is 4.05. The standard InChI is InChI=1S/C11H16NO6P.Na/c1-2-18-19(16,17)11(12-7-10(14)15)8-5-3-4-6-9(8)13;/h3-6,11-13H,2,7H2,1H3,(H,14,15)(H,16,17);/q;+1/p-1. The third-order valence-electron chi connectivity index (χ3n) is 2.31. The van der Waals surface area contributed by atoms with Crippen LogP contribution in [0.25, 0.3) is 0 Å². The molecule has 0 aliphatic rings. The molecule has 2 atom stereocenters. The Hall–Kier alpha value is -0.400. The fourth-order valence-electron chi connectivity index (χ4n) is 1.56. The van der Waals surface area contributed by atoms with Crippen molar-refractivity contribution in [2.24, 2.45) is 0 Å². The van der Waals surface area contributed by atoms with Crippen molar-refractivity contribution < 1.29 is 58.5 Å². The summed E-state index contributed by atoms with van der Waals surface area (Å²) >= 11 is 0. The molecule has 1 aromatic carbocycles. The maximum Gasteiger partial charge on any atom is 1.00 e. The van der Waals surface area contributed by atoms with Crippen LogP contribution in [0.4, 0.5) is 0 Å². The van der Waals surface area contributed by atoms with Gasteiger partial charge < -0.3 is 24.4 Å². The molecule has 2 unspecified atom stereocenters. The number of hydrogen-bond acceptors (Lipinski definition) is 6. The van der Waals surface area contributed by atoms with E-state index in [4.69, 9.17) is 4.52 Å². The SMILES string of the molecule is CCOP(=O)(O)C(NCC(=O)[O-])c1ccccc1O.[Na+]. The second-order valence-electron chi connectivity index (χ2n) is 3.70. The minimum absolute atomic E-state index is 0. The molecule has 9 heteroatoms. The van der Waals surface area contributed by atoms with E-state index >= 15 is 0 Å². The molecule has 3 N–H and O–H groups in total. The van der Waals surface area contributed by atoms with Gasteiger partial charge in [-0.05, 0) is 13.0 Å². The van der Waals surface area contributed by atoms with Crippen molar-refractivity contribution in [3.05, 3.63) is 29.8 Å². The van der Waals surface area contributed by atoms with Crippen LogP contribution < -0.4 is 40.0 Å². The smallest absolute Gasteiger partial charge is 0.549 e. The number of para-hydroxylation sites is 1. The third kappa shape index (κ3) is 5.54. The van der Waals surface area contributed by atoms with E-state index in [-0.39, 0.29) is 47.5 Å². The summed E-state index contributed by atoms with van der Waals surface area (Å²) in [5, 5.41) is 22.5. The molecule has 0 spiro atoms. The molecule has 0 heterocycles. The molecule has 20 heavy (non-hydrogen) atoms.